The average molecular weight is 230 g/mol. The molecule has 0 aromatic heterocycles. The molecule has 0 amide bonds. The van der Waals surface area contributed by atoms with E-state index in [-0.39, 0.29) is 18.9 Å². The van der Waals surface area contributed by atoms with Crippen LogP contribution in [0.4, 0.5) is 0 Å². The van der Waals surface area contributed by atoms with Gasteiger partial charge >= 0.3 is 11.9 Å². The van der Waals surface area contributed by atoms with Crippen LogP contribution in [0.1, 0.15) is 6.92 Å². The quantitative estimate of drug-likeness (QED) is 0.291. The minimum Gasteiger partial charge on any atom is -0.479 e. The Balaban J connectivity index is -0.000000108. The van der Waals surface area contributed by atoms with Gasteiger partial charge in [-0.05, 0) is 6.92 Å². The van der Waals surface area contributed by atoms with E-state index in [0.29, 0.717) is 0 Å². The first-order valence-electron chi connectivity index (χ1n) is 3.31. The van der Waals surface area contributed by atoms with Crippen LogP contribution in [0.5, 0.6) is 0 Å². The van der Waals surface area contributed by atoms with Gasteiger partial charge in [0.05, 0.1) is 0 Å². The summed E-state index contributed by atoms with van der Waals surface area (Å²) >= 11 is 0. The van der Waals surface area contributed by atoms with Crippen LogP contribution in [-0.2, 0) is 9.59 Å². The van der Waals surface area contributed by atoms with Gasteiger partial charge in [0.15, 0.2) is 12.2 Å². The minimum absolute atomic E-state index is 0. The third kappa shape index (κ3) is 12.7. The van der Waals surface area contributed by atoms with E-state index in [1.54, 1.807) is 6.92 Å². The molecule has 94 valence electrons. The molecule has 0 radical (unpaired) electrons. The highest BCUT2D eigenvalue weighted by atomic mass is 16.4. The average Bonchev–Trinajstić information content (AvgIpc) is 2.03. The lowest BCUT2D eigenvalue weighted by Gasteiger charge is -2.07. The lowest BCUT2D eigenvalue weighted by Crippen LogP contribution is -2.39. The summed E-state index contributed by atoms with van der Waals surface area (Å²) in [7, 11) is 0. The zero-order valence-electron chi connectivity index (χ0n) is 8.33. The molecule has 0 saturated carbocycles. The fourth-order valence-corrected chi connectivity index (χ4v) is 0.270. The highest BCUT2D eigenvalue weighted by Gasteiger charge is 2.29. The standard InChI is InChI=1S/C4H6O6.C2H6O.2H3N/c5-1(3(7)8)2(6)4(9)10;1-2-3;;/h1-2,5-6H,(H,7,8)(H,9,10);3H,2H2,1H3;2*1H3. The lowest BCUT2D eigenvalue weighted by molar-refractivity contribution is -0.165. The highest BCUT2D eigenvalue weighted by Crippen LogP contribution is 1.92. The van der Waals surface area contributed by atoms with Gasteiger partial charge in [-0.15, -0.1) is 0 Å². The van der Waals surface area contributed by atoms with Crippen LogP contribution in [0.3, 0.4) is 0 Å². The Labute approximate surface area is 86.1 Å². The zero-order valence-corrected chi connectivity index (χ0v) is 8.33. The number of carboxylic acid groups (broad SMARTS) is 2. The molecule has 0 bridgehead atoms. The largest absolute Gasteiger partial charge is 0.479 e. The van der Waals surface area contributed by atoms with E-state index in [1.165, 1.54) is 0 Å². The fourth-order valence-electron chi connectivity index (χ4n) is 0.270. The third-order valence-corrected chi connectivity index (χ3v) is 0.805. The van der Waals surface area contributed by atoms with Crippen LogP contribution >= 0.6 is 0 Å². The van der Waals surface area contributed by atoms with Gasteiger partial charge in [0.2, 0.25) is 0 Å². The minimum atomic E-state index is -2.27. The second kappa shape index (κ2) is 12.7. The predicted octanol–water partition coefficient (Wildman–Crippen LogP) is -1.80. The first-order chi connectivity index (χ1) is 5.88. The van der Waals surface area contributed by atoms with E-state index >= 15 is 0 Å². The summed E-state index contributed by atoms with van der Waals surface area (Å²) in [6.07, 6.45) is -4.53. The Morgan fingerprint density at radius 3 is 1.20 bits per heavy atom. The molecule has 0 fully saturated rings. The van der Waals surface area contributed by atoms with Gasteiger partial charge in [-0.2, -0.15) is 0 Å². The molecule has 11 N–H and O–H groups in total. The van der Waals surface area contributed by atoms with Gasteiger partial charge in [0.25, 0.3) is 0 Å². The summed E-state index contributed by atoms with van der Waals surface area (Å²) in [5, 5.41) is 40.1. The van der Waals surface area contributed by atoms with Crippen molar-refractivity contribution in [3.63, 3.8) is 0 Å². The number of carbonyl (C=O) groups is 2. The molecule has 2 atom stereocenters. The van der Waals surface area contributed by atoms with Crippen molar-refractivity contribution in [1.29, 1.82) is 0 Å². The number of aliphatic hydroxyl groups is 3. The van der Waals surface area contributed by atoms with Gasteiger partial charge in [-0.1, -0.05) is 0 Å². The van der Waals surface area contributed by atoms with Gasteiger partial charge < -0.3 is 37.8 Å². The molecule has 0 aromatic carbocycles. The summed E-state index contributed by atoms with van der Waals surface area (Å²) < 4.78 is 0. The monoisotopic (exact) mass is 230 g/mol. The van der Waals surface area contributed by atoms with E-state index in [4.69, 9.17) is 25.5 Å². The molecule has 0 spiro atoms. The summed E-state index contributed by atoms with van der Waals surface area (Å²) in [4.78, 5) is 19.5. The summed E-state index contributed by atoms with van der Waals surface area (Å²) in [6, 6.07) is 0. The molecular weight excluding hydrogens is 212 g/mol. The van der Waals surface area contributed by atoms with E-state index in [9.17, 15) is 9.59 Å². The molecule has 15 heavy (non-hydrogen) atoms. The lowest BCUT2D eigenvalue weighted by atomic mass is 10.2. The molecule has 2 unspecified atom stereocenters. The maximum atomic E-state index is 9.77. The summed E-state index contributed by atoms with van der Waals surface area (Å²) in [5.41, 5.74) is 0. The topological polar surface area (TPSA) is 205 Å². The fraction of sp³-hybridized carbons (Fsp3) is 0.667. The second-order valence-corrected chi connectivity index (χ2v) is 1.88. The van der Waals surface area contributed by atoms with Crippen molar-refractivity contribution >= 4 is 11.9 Å². The van der Waals surface area contributed by atoms with Gasteiger partial charge in [-0.25, -0.2) is 9.59 Å². The molecular formula is C6H18N2O7. The first-order valence-corrected chi connectivity index (χ1v) is 3.31. The van der Waals surface area contributed by atoms with Crippen molar-refractivity contribution in [3.8, 4) is 0 Å². The smallest absolute Gasteiger partial charge is 0.335 e. The molecule has 0 heterocycles. The van der Waals surface area contributed by atoms with Crippen LogP contribution in [-0.4, -0.2) is 56.3 Å². The summed E-state index contributed by atoms with van der Waals surface area (Å²) in [6.45, 7) is 1.93. The van der Waals surface area contributed by atoms with E-state index < -0.39 is 24.1 Å². The Hall–Kier alpha value is -1.26. The normalized spacial score (nSPS) is 11.7. The maximum absolute atomic E-state index is 9.77. The van der Waals surface area contributed by atoms with E-state index in [1.807, 2.05) is 0 Å². The number of rotatable bonds is 3. The second-order valence-electron chi connectivity index (χ2n) is 1.88. The van der Waals surface area contributed by atoms with Crippen molar-refractivity contribution in [3.05, 3.63) is 0 Å². The Kier molecular flexibility index (Phi) is 20.0. The van der Waals surface area contributed by atoms with Gasteiger partial charge in [0, 0.05) is 6.61 Å². The Bertz CT molecular complexity index is 157. The summed E-state index contributed by atoms with van der Waals surface area (Å²) in [5.74, 6) is -3.54. The molecule has 0 aliphatic heterocycles. The van der Waals surface area contributed by atoms with Gasteiger partial charge in [0.1, 0.15) is 0 Å². The molecule has 9 heteroatoms. The van der Waals surface area contributed by atoms with Crippen molar-refractivity contribution in [2.45, 2.75) is 19.1 Å². The first kappa shape index (κ1) is 23.5. The number of hydrogen-bond acceptors (Lipinski definition) is 7. The SMILES string of the molecule is CCO.N.N.O=C(O)C(O)C(O)C(=O)O. The van der Waals surface area contributed by atoms with Crippen LogP contribution in [0.25, 0.3) is 0 Å². The van der Waals surface area contributed by atoms with Gasteiger partial charge in [-0.3, -0.25) is 0 Å². The van der Waals surface area contributed by atoms with Crippen molar-refractivity contribution in [2.24, 2.45) is 0 Å². The zero-order chi connectivity index (χ0) is 11.0. The predicted molar refractivity (Wildman–Crippen MR) is 50.1 cm³/mol. The number of carboxylic acids is 2. The third-order valence-electron chi connectivity index (χ3n) is 0.805. The molecule has 9 nitrogen and oxygen atoms in total. The Morgan fingerprint density at radius 2 is 1.13 bits per heavy atom. The number of aliphatic carboxylic acids is 2. The Morgan fingerprint density at radius 1 is 1.00 bits per heavy atom. The highest BCUT2D eigenvalue weighted by molar-refractivity contribution is 5.82. The maximum Gasteiger partial charge on any atom is 0.335 e. The van der Waals surface area contributed by atoms with Crippen molar-refractivity contribution in [2.75, 3.05) is 6.61 Å². The van der Waals surface area contributed by atoms with Crippen LogP contribution in [0, 0.1) is 0 Å². The van der Waals surface area contributed by atoms with Crippen molar-refractivity contribution in [1.82, 2.24) is 12.3 Å². The molecule has 0 saturated heterocycles. The molecule has 0 aromatic rings. The van der Waals surface area contributed by atoms with E-state index in [2.05, 4.69) is 0 Å². The number of hydrogen-bond donors (Lipinski definition) is 7. The van der Waals surface area contributed by atoms with Crippen LogP contribution in [0.2, 0.25) is 0 Å². The van der Waals surface area contributed by atoms with E-state index in [0.717, 1.165) is 0 Å². The van der Waals surface area contributed by atoms with Crippen LogP contribution < -0.4 is 12.3 Å². The number of aliphatic hydroxyl groups excluding tert-OH is 3. The van der Waals surface area contributed by atoms with Crippen LogP contribution in [0.15, 0.2) is 0 Å². The molecule has 0 rings (SSSR count). The molecule has 0 aliphatic carbocycles. The molecule has 0 aliphatic rings. The van der Waals surface area contributed by atoms with Crippen molar-refractivity contribution < 1.29 is 35.1 Å².